The number of methoxy groups -OCH3 is 2. The normalized spacial score (nSPS) is 12.6. The van der Waals surface area contributed by atoms with Crippen LogP contribution in [0.2, 0.25) is 0 Å². The van der Waals surface area contributed by atoms with E-state index in [0.29, 0.717) is 20.6 Å². The summed E-state index contributed by atoms with van der Waals surface area (Å²) in [5.74, 6) is 0.688. The van der Waals surface area contributed by atoms with Crippen molar-refractivity contribution >= 4 is 22.2 Å². The quantitative estimate of drug-likeness (QED) is 0.119. The molecule has 0 aliphatic carbocycles. The Labute approximate surface area is 294 Å². The van der Waals surface area contributed by atoms with Gasteiger partial charge in [0.2, 0.25) is 0 Å². The van der Waals surface area contributed by atoms with E-state index in [0.717, 1.165) is 24.3 Å². The summed E-state index contributed by atoms with van der Waals surface area (Å²) in [5, 5.41) is 18.6. The Kier molecular flexibility index (Phi) is 9.01. The third-order valence-corrected chi connectivity index (χ3v) is 8.51. The molecule has 12 heteroatoms. The number of ether oxygens (including phenoxy) is 2. The van der Waals surface area contributed by atoms with Crippen molar-refractivity contribution in [2.75, 3.05) is 14.2 Å². The number of alkyl halides is 4. The molecule has 0 atom stereocenters. The molecule has 0 radical (unpaired) electrons. The minimum atomic E-state index is -4.03. The zero-order chi connectivity index (χ0) is 37.2. The molecule has 6 rings (SSSR count). The fourth-order valence-electron chi connectivity index (χ4n) is 6.22. The molecular weight excluding hydrogens is 672 g/mol. The molecule has 0 spiro atoms. The van der Waals surface area contributed by atoms with Crippen molar-refractivity contribution in [3.8, 4) is 46.2 Å². The van der Waals surface area contributed by atoms with Crippen LogP contribution in [0.25, 0.3) is 54.4 Å². The van der Waals surface area contributed by atoms with E-state index in [-0.39, 0.29) is 21.9 Å². The summed E-state index contributed by atoms with van der Waals surface area (Å²) in [6.07, 6.45) is 0. The molecule has 0 amide bonds. The van der Waals surface area contributed by atoms with Crippen molar-refractivity contribution < 1.29 is 27.0 Å². The number of hydrogen-bond donors (Lipinski definition) is 0. The predicted octanol–water partition coefficient (Wildman–Crippen LogP) is 8.09. The zero-order valence-electron chi connectivity index (χ0n) is 27.4. The van der Waals surface area contributed by atoms with Gasteiger partial charge in [-0.1, -0.05) is 60.7 Å². The van der Waals surface area contributed by atoms with Crippen LogP contribution >= 0.6 is 0 Å². The van der Waals surface area contributed by atoms with Gasteiger partial charge in [-0.05, 0) is 59.7 Å². The number of nitrogens with zero attached hydrogens (tertiary/aromatic N) is 6. The first-order valence-corrected chi connectivity index (χ1v) is 15.4. The van der Waals surface area contributed by atoms with E-state index >= 15 is 17.6 Å². The fourth-order valence-corrected chi connectivity index (χ4v) is 6.22. The molecule has 0 fully saturated rings. The predicted molar refractivity (Wildman–Crippen MR) is 186 cm³/mol. The molecular formula is C40H24F4N6O2. The smallest absolute Gasteiger partial charge is 0.355 e. The molecule has 0 aliphatic rings. The maximum atomic E-state index is 17.3. The summed E-state index contributed by atoms with van der Waals surface area (Å²) in [6, 6.07) is 20.0. The Hall–Kier alpha value is -7.28. The molecule has 2 heterocycles. The Morgan fingerprint density at radius 2 is 0.904 bits per heavy atom. The molecule has 8 nitrogen and oxygen atoms in total. The lowest BCUT2D eigenvalue weighted by Gasteiger charge is -2.25. The fraction of sp³-hybridized carbons (Fsp3) is 0.100. The monoisotopic (exact) mass is 696 g/mol. The van der Waals surface area contributed by atoms with Gasteiger partial charge in [0.1, 0.15) is 11.5 Å². The van der Waals surface area contributed by atoms with E-state index in [1.807, 2.05) is 0 Å². The minimum Gasteiger partial charge on any atom is -0.497 e. The van der Waals surface area contributed by atoms with Crippen molar-refractivity contribution in [3.63, 3.8) is 0 Å². The lowest BCUT2D eigenvalue weighted by Crippen LogP contribution is -2.37. The summed E-state index contributed by atoms with van der Waals surface area (Å²) in [5.41, 5.74) is -3.58. The van der Waals surface area contributed by atoms with Crippen molar-refractivity contribution in [3.05, 3.63) is 154 Å². The molecule has 4 aromatic carbocycles. The van der Waals surface area contributed by atoms with Crippen LogP contribution in [0.5, 0.6) is 11.5 Å². The number of benzene rings is 4. The van der Waals surface area contributed by atoms with Gasteiger partial charge in [-0.15, -0.1) is 0 Å². The van der Waals surface area contributed by atoms with E-state index in [9.17, 15) is 10.5 Å². The molecule has 0 saturated carbocycles. The maximum Gasteiger partial charge on any atom is 0.355 e. The third-order valence-electron chi connectivity index (χ3n) is 8.51. The number of hydrogen-bond acceptors (Lipinski definition) is 4. The molecule has 2 aromatic heterocycles. The van der Waals surface area contributed by atoms with Crippen molar-refractivity contribution in [1.29, 1.82) is 10.5 Å². The molecule has 0 aliphatic heterocycles. The highest BCUT2D eigenvalue weighted by atomic mass is 19.3. The highest BCUT2D eigenvalue weighted by Gasteiger charge is 2.44. The first-order valence-electron chi connectivity index (χ1n) is 15.4. The van der Waals surface area contributed by atoms with Gasteiger partial charge in [0.15, 0.2) is 0 Å². The summed E-state index contributed by atoms with van der Waals surface area (Å²) in [6.45, 7) is 15.9. The number of halogens is 4. The molecule has 6 aromatic rings. The standard InChI is InChI=1S/C40H24F4N6O2/c1-47-31(23-45)37-33-34(36(26-17-21-30(52-4)22-18-26)49(37)39(41,42)27-11-7-5-8-12-27)38(32(24-46)48-2)50(40(43,44)28-13-9-6-10-14-28)35(33)25-15-19-29(51-3)20-16-25/h5-22H,3-4H3. The molecule has 0 unspecified atom stereocenters. The second kappa shape index (κ2) is 13.6. The Morgan fingerprint density at radius 3 is 1.17 bits per heavy atom. The van der Waals surface area contributed by atoms with Crippen LogP contribution in [-0.2, 0) is 12.1 Å². The summed E-state index contributed by atoms with van der Waals surface area (Å²) in [4.78, 5) is 6.64. The number of rotatable bonds is 8. The topological polar surface area (TPSA) is 84.6 Å². The zero-order valence-corrected chi connectivity index (χ0v) is 27.4. The van der Waals surface area contributed by atoms with Gasteiger partial charge in [-0.3, -0.25) is 9.13 Å². The van der Waals surface area contributed by atoms with Gasteiger partial charge in [-0.25, -0.2) is 20.2 Å². The van der Waals surface area contributed by atoms with Gasteiger partial charge in [-0.2, -0.15) is 17.6 Å². The van der Waals surface area contributed by atoms with Crippen LogP contribution in [0.4, 0.5) is 17.6 Å². The first kappa shape index (κ1) is 34.6. The van der Waals surface area contributed by atoms with Gasteiger partial charge in [0, 0.05) is 21.9 Å². The Balaban J connectivity index is 2.06. The van der Waals surface area contributed by atoms with Crippen molar-refractivity contribution in [1.82, 2.24) is 9.13 Å². The van der Waals surface area contributed by atoms with Crippen molar-refractivity contribution in [2.24, 2.45) is 0 Å². The minimum absolute atomic E-state index is 0.0277. The number of aromatic nitrogens is 2. The van der Waals surface area contributed by atoms with E-state index in [2.05, 4.69) is 9.69 Å². The Morgan fingerprint density at radius 1 is 0.577 bits per heavy atom. The SMILES string of the molecule is [C-]#[N+]C(C#N)=c1c2c(-c3ccc(OC)cc3)n(C(F)(F)c3ccccc3)c(=C(C#N)[N+]#[C-])c2c(-c2ccc(OC)cc2)n1C(F)(F)c1ccccc1. The molecule has 0 bridgehead atoms. The molecule has 52 heavy (non-hydrogen) atoms. The van der Waals surface area contributed by atoms with Crippen LogP contribution in [0, 0.1) is 35.8 Å². The first-order chi connectivity index (χ1) is 25.1. The van der Waals surface area contributed by atoms with Gasteiger partial charge in [0.05, 0.1) is 61.6 Å². The molecule has 0 saturated heterocycles. The highest BCUT2D eigenvalue weighted by molar-refractivity contribution is 6.08. The summed E-state index contributed by atoms with van der Waals surface area (Å²) in [7, 11) is 2.80. The van der Waals surface area contributed by atoms with Crippen LogP contribution in [0.1, 0.15) is 11.1 Å². The highest BCUT2D eigenvalue weighted by Crippen LogP contribution is 2.44. The van der Waals surface area contributed by atoms with E-state index < -0.39 is 56.7 Å². The second-order valence-electron chi connectivity index (χ2n) is 11.2. The van der Waals surface area contributed by atoms with Gasteiger partial charge in [0.25, 0.3) is 11.4 Å². The number of fused-ring (bicyclic) bond motifs is 1. The Bertz CT molecular complexity index is 2400. The van der Waals surface area contributed by atoms with Gasteiger partial charge >= 0.3 is 12.1 Å². The third kappa shape index (κ3) is 5.46. The lowest BCUT2D eigenvalue weighted by atomic mass is 10.0. The maximum absolute atomic E-state index is 17.3. The number of nitriles is 2. The lowest BCUT2D eigenvalue weighted by molar-refractivity contribution is -0.0377. The summed E-state index contributed by atoms with van der Waals surface area (Å²) >= 11 is 0. The molecule has 0 N–H and O–H groups in total. The average Bonchev–Trinajstić information content (AvgIpc) is 3.71. The van der Waals surface area contributed by atoms with Crippen molar-refractivity contribution in [2.45, 2.75) is 12.1 Å². The van der Waals surface area contributed by atoms with Crippen LogP contribution < -0.4 is 20.2 Å². The van der Waals surface area contributed by atoms with E-state index in [1.165, 1.54) is 99.1 Å². The van der Waals surface area contributed by atoms with E-state index in [4.69, 9.17) is 22.6 Å². The van der Waals surface area contributed by atoms with Crippen LogP contribution in [0.3, 0.4) is 0 Å². The van der Waals surface area contributed by atoms with Crippen LogP contribution in [0.15, 0.2) is 109 Å². The van der Waals surface area contributed by atoms with Crippen LogP contribution in [-0.4, -0.2) is 23.4 Å². The van der Waals surface area contributed by atoms with E-state index in [1.54, 1.807) is 12.1 Å². The summed E-state index contributed by atoms with van der Waals surface area (Å²) < 4.78 is 80.8. The average molecular weight is 697 g/mol. The molecule has 254 valence electrons. The second-order valence-corrected chi connectivity index (χ2v) is 11.2. The van der Waals surface area contributed by atoms with Gasteiger partial charge < -0.3 is 9.47 Å². The largest absolute Gasteiger partial charge is 0.497 e.